The third-order valence-corrected chi connectivity index (χ3v) is 3.47. The minimum Gasteiger partial charge on any atom is -0.349 e. The molecule has 0 radical (unpaired) electrons. The number of amides is 1. The van der Waals surface area contributed by atoms with Crippen molar-refractivity contribution in [1.29, 1.82) is 0 Å². The van der Waals surface area contributed by atoms with E-state index in [2.05, 4.69) is 17.3 Å². The van der Waals surface area contributed by atoms with Gasteiger partial charge in [-0.3, -0.25) is 9.48 Å². The second kappa shape index (κ2) is 5.34. The van der Waals surface area contributed by atoms with Crippen molar-refractivity contribution in [3.05, 3.63) is 17.5 Å². The van der Waals surface area contributed by atoms with Crippen LogP contribution in [-0.2, 0) is 18.3 Å². The van der Waals surface area contributed by atoms with Gasteiger partial charge in [0.15, 0.2) is 0 Å². The standard InChI is InChI=1S/C13H21N3O/c1-3-4-8-13(17)15-11-6-5-7-12-10(11)9-14-16(12)2/h9,11H,3-8H2,1-2H3,(H,15,17). The first kappa shape index (κ1) is 12.1. The third kappa shape index (κ3) is 2.68. The van der Waals surface area contributed by atoms with E-state index in [1.807, 2.05) is 17.9 Å². The number of nitrogens with one attached hydrogen (secondary N) is 1. The van der Waals surface area contributed by atoms with Gasteiger partial charge >= 0.3 is 0 Å². The largest absolute Gasteiger partial charge is 0.349 e. The first-order chi connectivity index (χ1) is 8.22. The van der Waals surface area contributed by atoms with Crippen LogP contribution in [0.4, 0.5) is 0 Å². The molecule has 1 atom stereocenters. The summed E-state index contributed by atoms with van der Waals surface area (Å²) in [7, 11) is 1.97. The summed E-state index contributed by atoms with van der Waals surface area (Å²) in [5.41, 5.74) is 2.49. The molecule has 0 aliphatic heterocycles. The highest BCUT2D eigenvalue weighted by Crippen LogP contribution is 2.29. The number of aromatic nitrogens is 2. The highest BCUT2D eigenvalue weighted by atomic mass is 16.1. The van der Waals surface area contributed by atoms with Gasteiger partial charge in [-0.15, -0.1) is 0 Å². The van der Waals surface area contributed by atoms with Gasteiger partial charge in [-0.2, -0.15) is 5.10 Å². The zero-order chi connectivity index (χ0) is 12.3. The van der Waals surface area contributed by atoms with E-state index in [9.17, 15) is 4.79 Å². The zero-order valence-electron chi connectivity index (χ0n) is 10.7. The number of hydrogen-bond acceptors (Lipinski definition) is 2. The highest BCUT2D eigenvalue weighted by Gasteiger charge is 2.24. The van der Waals surface area contributed by atoms with Crippen LogP contribution in [0.25, 0.3) is 0 Å². The smallest absolute Gasteiger partial charge is 0.220 e. The predicted molar refractivity (Wildman–Crippen MR) is 66.6 cm³/mol. The van der Waals surface area contributed by atoms with Crippen LogP contribution in [-0.4, -0.2) is 15.7 Å². The molecule has 0 saturated heterocycles. The van der Waals surface area contributed by atoms with Gasteiger partial charge in [-0.1, -0.05) is 13.3 Å². The Morgan fingerprint density at radius 1 is 1.65 bits per heavy atom. The number of rotatable bonds is 4. The predicted octanol–water partition coefficient (Wildman–Crippen LogP) is 2.10. The lowest BCUT2D eigenvalue weighted by atomic mass is 9.93. The summed E-state index contributed by atoms with van der Waals surface area (Å²) in [6, 6.07) is 0.178. The summed E-state index contributed by atoms with van der Waals surface area (Å²) in [6.45, 7) is 2.10. The van der Waals surface area contributed by atoms with E-state index in [1.165, 1.54) is 11.3 Å². The van der Waals surface area contributed by atoms with Crippen LogP contribution in [0.2, 0.25) is 0 Å². The summed E-state index contributed by atoms with van der Waals surface area (Å²) < 4.78 is 1.93. The average Bonchev–Trinajstić information content (AvgIpc) is 2.70. The molecule has 1 amide bonds. The molecular weight excluding hydrogens is 214 g/mol. The molecule has 1 aromatic rings. The second-order valence-electron chi connectivity index (χ2n) is 4.79. The molecule has 1 unspecified atom stereocenters. The van der Waals surface area contributed by atoms with E-state index in [4.69, 9.17) is 0 Å². The monoisotopic (exact) mass is 235 g/mol. The number of carbonyl (C=O) groups is 1. The van der Waals surface area contributed by atoms with Gasteiger partial charge in [0.1, 0.15) is 0 Å². The Morgan fingerprint density at radius 2 is 2.47 bits per heavy atom. The summed E-state index contributed by atoms with van der Waals surface area (Å²) in [5, 5.41) is 7.41. The van der Waals surface area contributed by atoms with Crippen LogP contribution in [0.15, 0.2) is 6.20 Å². The lowest BCUT2D eigenvalue weighted by Crippen LogP contribution is -2.30. The molecule has 4 heteroatoms. The molecule has 1 aromatic heterocycles. The molecule has 0 aromatic carbocycles. The fraction of sp³-hybridized carbons (Fsp3) is 0.692. The number of fused-ring (bicyclic) bond motifs is 1. The first-order valence-corrected chi connectivity index (χ1v) is 6.52. The molecule has 1 aliphatic rings. The number of hydrogen-bond donors (Lipinski definition) is 1. The van der Waals surface area contributed by atoms with Crippen LogP contribution in [0.3, 0.4) is 0 Å². The van der Waals surface area contributed by atoms with Crippen molar-refractivity contribution in [2.75, 3.05) is 0 Å². The van der Waals surface area contributed by atoms with Gasteiger partial charge in [-0.25, -0.2) is 0 Å². The minimum atomic E-state index is 0.175. The maximum Gasteiger partial charge on any atom is 0.220 e. The van der Waals surface area contributed by atoms with E-state index in [1.54, 1.807) is 0 Å². The molecule has 94 valence electrons. The SMILES string of the molecule is CCCCC(=O)NC1CCCc2c1cnn2C. The maximum atomic E-state index is 11.7. The topological polar surface area (TPSA) is 46.9 Å². The fourth-order valence-corrected chi connectivity index (χ4v) is 2.46. The van der Waals surface area contributed by atoms with Crippen LogP contribution in [0, 0.1) is 0 Å². The Bertz CT molecular complexity index is 397. The van der Waals surface area contributed by atoms with Crippen LogP contribution in [0.1, 0.15) is 56.3 Å². The third-order valence-electron chi connectivity index (χ3n) is 3.47. The summed E-state index contributed by atoms with van der Waals surface area (Å²) in [5.74, 6) is 0.175. The Kier molecular flexibility index (Phi) is 3.82. The highest BCUT2D eigenvalue weighted by molar-refractivity contribution is 5.76. The number of nitrogens with zero attached hydrogens (tertiary/aromatic N) is 2. The van der Waals surface area contributed by atoms with Crippen LogP contribution >= 0.6 is 0 Å². The van der Waals surface area contributed by atoms with Crippen LogP contribution < -0.4 is 5.32 Å². The van der Waals surface area contributed by atoms with E-state index < -0.39 is 0 Å². The lowest BCUT2D eigenvalue weighted by molar-refractivity contribution is -0.122. The molecule has 1 N–H and O–H groups in total. The quantitative estimate of drug-likeness (QED) is 0.868. The lowest BCUT2D eigenvalue weighted by Gasteiger charge is -2.23. The molecule has 4 nitrogen and oxygen atoms in total. The van der Waals surface area contributed by atoms with Crippen molar-refractivity contribution in [1.82, 2.24) is 15.1 Å². The first-order valence-electron chi connectivity index (χ1n) is 6.52. The van der Waals surface area contributed by atoms with Crippen molar-refractivity contribution in [2.45, 2.75) is 51.5 Å². The van der Waals surface area contributed by atoms with Gasteiger partial charge in [0.2, 0.25) is 5.91 Å². The summed E-state index contributed by atoms with van der Waals surface area (Å²) >= 11 is 0. The fourth-order valence-electron chi connectivity index (χ4n) is 2.46. The Labute approximate surface area is 102 Å². The molecule has 0 fully saturated rings. The minimum absolute atomic E-state index is 0.175. The molecule has 1 heterocycles. The summed E-state index contributed by atoms with van der Waals surface area (Å²) in [4.78, 5) is 11.7. The van der Waals surface area contributed by atoms with E-state index in [0.717, 1.165) is 32.1 Å². The Morgan fingerprint density at radius 3 is 3.24 bits per heavy atom. The molecule has 1 aliphatic carbocycles. The van der Waals surface area contributed by atoms with Crippen molar-refractivity contribution < 1.29 is 4.79 Å². The molecule has 0 saturated carbocycles. The van der Waals surface area contributed by atoms with Gasteiger partial charge < -0.3 is 5.32 Å². The summed E-state index contributed by atoms with van der Waals surface area (Å²) in [6.07, 6.45) is 7.82. The van der Waals surface area contributed by atoms with Gasteiger partial charge in [-0.05, 0) is 25.7 Å². The average molecular weight is 235 g/mol. The van der Waals surface area contributed by atoms with E-state index >= 15 is 0 Å². The normalized spacial score (nSPS) is 18.8. The second-order valence-corrected chi connectivity index (χ2v) is 4.79. The Hall–Kier alpha value is -1.32. The number of aryl methyl sites for hydroxylation is 1. The maximum absolute atomic E-state index is 11.7. The number of unbranched alkanes of at least 4 members (excludes halogenated alkanes) is 1. The molecule has 17 heavy (non-hydrogen) atoms. The van der Waals surface area contributed by atoms with Crippen molar-refractivity contribution in [3.8, 4) is 0 Å². The van der Waals surface area contributed by atoms with Crippen molar-refractivity contribution >= 4 is 5.91 Å². The van der Waals surface area contributed by atoms with Gasteiger partial charge in [0, 0.05) is 24.7 Å². The van der Waals surface area contributed by atoms with Crippen molar-refractivity contribution in [3.63, 3.8) is 0 Å². The van der Waals surface area contributed by atoms with Crippen LogP contribution in [0.5, 0.6) is 0 Å². The van der Waals surface area contributed by atoms with Gasteiger partial charge in [0.25, 0.3) is 0 Å². The molecular formula is C13H21N3O. The molecule has 0 spiro atoms. The molecule has 0 bridgehead atoms. The number of carbonyl (C=O) groups excluding carboxylic acids is 1. The molecule has 2 rings (SSSR count). The van der Waals surface area contributed by atoms with E-state index in [-0.39, 0.29) is 11.9 Å². The van der Waals surface area contributed by atoms with Crippen molar-refractivity contribution in [2.24, 2.45) is 7.05 Å². The van der Waals surface area contributed by atoms with Gasteiger partial charge in [0.05, 0.1) is 12.2 Å². The van der Waals surface area contributed by atoms with E-state index in [0.29, 0.717) is 6.42 Å². The zero-order valence-corrected chi connectivity index (χ0v) is 10.7. The Balaban J connectivity index is 2.01.